The zero-order chi connectivity index (χ0) is 20.4. The van der Waals surface area contributed by atoms with Crippen LogP contribution in [0.15, 0.2) is 54.6 Å². The summed E-state index contributed by atoms with van der Waals surface area (Å²) in [6.45, 7) is 0.589. The number of fused-ring (bicyclic) bond motifs is 2. The molecule has 0 bridgehead atoms. The van der Waals surface area contributed by atoms with Crippen LogP contribution < -0.4 is 23.2 Å². The Morgan fingerprint density at radius 3 is 2.41 bits per heavy atom. The number of ether oxygens (including phenoxy) is 2. The first kappa shape index (κ1) is 20.1. The Morgan fingerprint density at radius 1 is 0.966 bits per heavy atom. The van der Waals surface area contributed by atoms with Gasteiger partial charge in [-0.05, 0) is 40.5 Å². The van der Waals surface area contributed by atoms with E-state index in [-0.39, 0.29) is 0 Å². The average Bonchev–Trinajstić information content (AvgIpc) is 2.72. The molecule has 0 fully saturated rings. The third kappa shape index (κ3) is 3.97. The molecule has 0 unspecified atom stereocenters. The maximum Gasteiger partial charge on any atom is 0.439 e. The fourth-order valence-corrected chi connectivity index (χ4v) is 4.85. The summed E-state index contributed by atoms with van der Waals surface area (Å²) in [4.78, 5) is 0. The van der Waals surface area contributed by atoms with Crippen LogP contribution in [0.5, 0.6) is 11.5 Å². The lowest BCUT2D eigenvalue weighted by Gasteiger charge is -2.34. The molecule has 0 aliphatic carbocycles. The molecule has 1 atom stereocenters. The number of rotatable bonds is 6. The van der Waals surface area contributed by atoms with Gasteiger partial charge in [0.2, 0.25) is 5.72 Å². The SMILES string of the molecule is COc1cc2c(cc1OC)[C@@](Cc1ccc3ccccc3c1)(O[Br+2]([O-])[O-])NCC2. The van der Waals surface area contributed by atoms with Crippen LogP contribution in [0, 0.1) is 14.8 Å². The van der Waals surface area contributed by atoms with Crippen molar-refractivity contribution in [1.82, 2.24) is 5.32 Å². The Kier molecular flexibility index (Phi) is 5.76. The highest BCUT2D eigenvalue weighted by Crippen LogP contribution is 2.40. The molecule has 3 aromatic carbocycles. The van der Waals surface area contributed by atoms with Gasteiger partial charge in [-0.3, -0.25) is 5.32 Å². The molecule has 152 valence electrons. The van der Waals surface area contributed by atoms with Gasteiger partial charge in [-0.1, -0.05) is 42.5 Å². The number of methoxy groups -OCH3 is 2. The van der Waals surface area contributed by atoms with Crippen molar-refractivity contribution < 1.29 is 36.5 Å². The Morgan fingerprint density at radius 2 is 1.69 bits per heavy atom. The van der Waals surface area contributed by atoms with E-state index >= 15 is 0 Å². The molecular formula is C22H22BrNO5. The van der Waals surface area contributed by atoms with Crippen molar-refractivity contribution in [2.75, 3.05) is 20.8 Å². The summed E-state index contributed by atoms with van der Waals surface area (Å²) in [6.07, 6.45) is 1.10. The lowest BCUT2D eigenvalue weighted by Crippen LogP contribution is -2.55. The van der Waals surface area contributed by atoms with Crippen LogP contribution in [-0.4, -0.2) is 20.8 Å². The summed E-state index contributed by atoms with van der Waals surface area (Å²) < 4.78 is 39.9. The quantitative estimate of drug-likeness (QED) is 0.600. The van der Waals surface area contributed by atoms with Gasteiger partial charge in [0.15, 0.2) is 11.5 Å². The number of halogens is 1. The molecule has 0 aromatic heterocycles. The van der Waals surface area contributed by atoms with Gasteiger partial charge >= 0.3 is 14.8 Å². The summed E-state index contributed by atoms with van der Waals surface area (Å²) in [6, 6.07) is 17.9. The van der Waals surface area contributed by atoms with Crippen molar-refractivity contribution in [3.8, 4) is 11.5 Å². The average molecular weight is 460 g/mol. The number of benzene rings is 3. The highest BCUT2D eigenvalue weighted by molar-refractivity contribution is 5.83. The summed E-state index contributed by atoms with van der Waals surface area (Å²) >= 11 is -3.49. The van der Waals surface area contributed by atoms with Gasteiger partial charge in [-0.2, -0.15) is 0 Å². The van der Waals surface area contributed by atoms with E-state index in [1.165, 1.54) is 0 Å². The van der Waals surface area contributed by atoms with E-state index in [2.05, 4.69) is 11.4 Å². The van der Waals surface area contributed by atoms with Crippen LogP contribution >= 0.6 is 0 Å². The van der Waals surface area contributed by atoms with Crippen LogP contribution in [0.3, 0.4) is 0 Å². The van der Waals surface area contributed by atoms with Gasteiger partial charge < -0.3 is 17.9 Å². The third-order valence-corrected chi connectivity index (χ3v) is 6.13. The first-order valence-corrected chi connectivity index (χ1v) is 11.2. The number of hydrogen-bond acceptors (Lipinski definition) is 6. The highest BCUT2D eigenvalue weighted by Gasteiger charge is 2.47. The fourth-order valence-electron chi connectivity index (χ4n) is 4.00. The topological polar surface area (TPSA) is 85.8 Å². The minimum absolute atomic E-state index is 0.361. The number of nitrogens with one attached hydrogen (secondary N) is 1. The van der Waals surface area contributed by atoms with Crippen molar-refractivity contribution in [3.05, 3.63) is 71.3 Å². The molecule has 0 spiro atoms. The van der Waals surface area contributed by atoms with Crippen LogP contribution in [0.2, 0.25) is 0 Å². The van der Waals surface area contributed by atoms with E-state index in [1.807, 2.05) is 48.5 Å². The van der Waals surface area contributed by atoms with Crippen molar-refractivity contribution in [2.45, 2.75) is 18.6 Å². The molecule has 0 saturated heterocycles. The molecule has 1 N–H and O–H groups in total. The van der Waals surface area contributed by atoms with Gasteiger partial charge in [0.1, 0.15) is 0 Å². The second kappa shape index (κ2) is 8.30. The third-order valence-electron chi connectivity index (χ3n) is 5.31. The lowest BCUT2D eigenvalue weighted by atomic mass is 9.86. The minimum atomic E-state index is -3.49. The van der Waals surface area contributed by atoms with Crippen LogP contribution in [0.25, 0.3) is 10.8 Å². The van der Waals surface area contributed by atoms with E-state index in [0.717, 1.165) is 33.9 Å². The molecule has 0 amide bonds. The van der Waals surface area contributed by atoms with E-state index in [9.17, 15) is 8.40 Å². The molecule has 0 saturated carbocycles. The zero-order valence-electron chi connectivity index (χ0n) is 16.2. The minimum Gasteiger partial charge on any atom is -0.493 e. The first-order valence-electron chi connectivity index (χ1n) is 9.28. The standard InChI is InChI=1S/C22H22BrNO5/c1-27-20-12-18-9-10-24-22(29-23(25)26,19(18)13-21(20)28-2)14-15-7-8-16-5-3-4-6-17(16)11-15/h3-8,11-13,24H,9-10,14H2,1-2H3/t22-/m1/s1. The molecule has 29 heavy (non-hydrogen) atoms. The normalized spacial score (nSPS) is 18.7. The molecule has 3 aromatic rings. The predicted octanol–water partition coefficient (Wildman–Crippen LogP) is 1.50. The smallest absolute Gasteiger partial charge is 0.439 e. The van der Waals surface area contributed by atoms with Crippen LogP contribution in [0.1, 0.15) is 16.7 Å². The van der Waals surface area contributed by atoms with E-state index in [1.54, 1.807) is 14.2 Å². The van der Waals surface area contributed by atoms with Crippen molar-refractivity contribution >= 4 is 10.8 Å². The van der Waals surface area contributed by atoms with Crippen molar-refractivity contribution in [1.29, 1.82) is 0 Å². The summed E-state index contributed by atoms with van der Waals surface area (Å²) in [7, 11) is 3.14. The molecular weight excluding hydrogens is 438 g/mol. The molecule has 0 radical (unpaired) electrons. The highest BCUT2D eigenvalue weighted by atomic mass is 80.0. The number of hydrogen-bond donors (Lipinski definition) is 1. The van der Waals surface area contributed by atoms with Crippen LogP contribution in [0.4, 0.5) is 0 Å². The Hall–Kier alpha value is -2.16. The Labute approximate surface area is 174 Å². The molecule has 1 heterocycles. The summed E-state index contributed by atoms with van der Waals surface area (Å²) in [5.41, 5.74) is 1.52. The summed E-state index contributed by atoms with van der Waals surface area (Å²) in [5, 5.41) is 5.54. The molecule has 7 heteroatoms. The first-order chi connectivity index (χ1) is 14.0. The van der Waals surface area contributed by atoms with Gasteiger partial charge in [0.05, 0.1) is 14.2 Å². The monoisotopic (exact) mass is 459 g/mol. The lowest BCUT2D eigenvalue weighted by molar-refractivity contribution is -1.63. The summed E-state index contributed by atoms with van der Waals surface area (Å²) in [5.74, 6) is 1.15. The maximum atomic E-state index is 11.7. The van der Waals surface area contributed by atoms with Crippen molar-refractivity contribution in [3.63, 3.8) is 0 Å². The van der Waals surface area contributed by atoms with Gasteiger partial charge in [-0.25, -0.2) is 0 Å². The zero-order valence-corrected chi connectivity index (χ0v) is 17.8. The molecule has 1 aliphatic rings. The van der Waals surface area contributed by atoms with Crippen LogP contribution in [-0.2, 0) is 22.4 Å². The van der Waals surface area contributed by atoms with E-state index in [0.29, 0.717) is 24.5 Å². The second-order valence-corrected chi connectivity index (χ2v) is 8.11. The van der Waals surface area contributed by atoms with Crippen molar-refractivity contribution in [2.24, 2.45) is 0 Å². The second-order valence-electron chi connectivity index (χ2n) is 6.99. The van der Waals surface area contributed by atoms with Gasteiger partial charge in [0.25, 0.3) is 0 Å². The molecule has 1 aliphatic heterocycles. The Bertz CT molecular complexity index is 1030. The predicted molar refractivity (Wildman–Crippen MR) is 102 cm³/mol. The molecule has 4 rings (SSSR count). The van der Waals surface area contributed by atoms with Gasteiger partial charge in [0, 0.05) is 22.4 Å². The maximum absolute atomic E-state index is 11.7. The fraction of sp³-hybridized carbons (Fsp3) is 0.273. The largest absolute Gasteiger partial charge is 0.493 e. The van der Waals surface area contributed by atoms with Gasteiger partial charge in [-0.15, -0.1) is 0 Å². The Balaban J connectivity index is 1.81. The van der Waals surface area contributed by atoms with E-state index < -0.39 is 20.5 Å². The van der Waals surface area contributed by atoms with E-state index in [4.69, 9.17) is 13.3 Å². The molecule has 6 nitrogen and oxygen atoms in total.